The predicted molar refractivity (Wildman–Crippen MR) is 108 cm³/mol. The van der Waals surface area contributed by atoms with Gasteiger partial charge in [0, 0.05) is 27.2 Å². The van der Waals surface area contributed by atoms with Crippen molar-refractivity contribution in [3.63, 3.8) is 0 Å². The number of hydrogen-bond donors (Lipinski definition) is 1. The third-order valence-electron chi connectivity index (χ3n) is 4.33. The first kappa shape index (κ1) is 17.5. The molecule has 0 aromatic heterocycles. The summed E-state index contributed by atoms with van der Waals surface area (Å²) in [6.07, 6.45) is 2.57. The average molecular weight is 443 g/mol. The van der Waals surface area contributed by atoms with Crippen LogP contribution in [-0.4, -0.2) is 11.9 Å². The number of nitriles is 1. The van der Waals surface area contributed by atoms with E-state index in [0.29, 0.717) is 0 Å². The Hall–Kier alpha value is -2.33. The number of carbonyl (C=O) groups excluding carboxylic acids is 1. The largest absolute Gasteiger partial charge is 0.343 e. The number of nitrogens with zero attached hydrogens (tertiary/aromatic N) is 2. The molecule has 1 heterocycles. The van der Waals surface area contributed by atoms with Gasteiger partial charge in [0.1, 0.15) is 11.6 Å². The van der Waals surface area contributed by atoms with E-state index in [1.54, 1.807) is 6.20 Å². The number of benzene rings is 2. The average Bonchev–Trinajstić information content (AvgIpc) is 2.90. The molecule has 2 aromatic rings. The Morgan fingerprint density at radius 2 is 2.12 bits per heavy atom. The summed E-state index contributed by atoms with van der Waals surface area (Å²) >= 11 is 2.23. The van der Waals surface area contributed by atoms with Gasteiger partial charge in [-0.25, -0.2) is 0 Å². The fourth-order valence-corrected chi connectivity index (χ4v) is 3.67. The van der Waals surface area contributed by atoms with Crippen molar-refractivity contribution in [1.82, 2.24) is 0 Å². The van der Waals surface area contributed by atoms with Gasteiger partial charge in [-0.3, -0.25) is 4.79 Å². The highest BCUT2D eigenvalue weighted by molar-refractivity contribution is 14.1. The zero-order valence-electron chi connectivity index (χ0n) is 14.1. The Balaban J connectivity index is 1.86. The topological polar surface area (TPSA) is 56.1 Å². The normalized spacial score (nSPS) is 16.3. The molecule has 1 unspecified atom stereocenters. The SMILES string of the molecule is Cc1cc(I)ccc1NC(=O)/C(C#N)=C\N1c2ccccc2CC1C. The van der Waals surface area contributed by atoms with Crippen LogP contribution in [0.4, 0.5) is 11.4 Å². The van der Waals surface area contributed by atoms with Crippen molar-refractivity contribution in [2.75, 3.05) is 10.2 Å². The second kappa shape index (κ2) is 7.28. The van der Waals surface area contributed by atoms with E-state index in [1.807, 2.05) is 54.3 Å². The van der Waals surface area contributed by atoms with Crippen molar-refractivity contribution in [1.29, 1.82) is 5.26 Å². The Labute approximate surface area is 161 Å². The molecule has 0 saturated heterocycles. The molecule has 0 saturated carbocycles. The van der Waals surface area contributed by atoms with E-state index in [9.17, 15) is 10.1 Å². The zero-order chi connectivity index (χ0) is 18.0. The molecule has 25 heavy (non-hydrogen) atoms. The Morgan fingerprint density at radius 1 is 1.36 bits per heavy atom. The maximum Gasteiger partial charge on any atom is 0.267 e. The van der Waals surface area contributed by atoms with Crippen LogP contribution in [0.25, 0.3) is 0 Å². The third kappa shape index (κ3) is 3.69. The van der Waals surface area contributed by atoms with Crippen LogP contribution in [0, 0.1) is 21.8 Å². The van der Waals surface area contributed by atoms with Crippen molar-refractivity contribution in [2.45, 2.75) is 26.3 Å². The van der Waals surface area contributed by atoms with E-state index in [0.717, 1.165) is 26.9 Å². The first-order valence-electron chi connectivity index (χ1n) is 8.05. The summed E-state index contributed by atoms with van der Waals surface area (Å²) in [6, 6.07) is 16.1. The summed E-state index contributed by atoms with van der Waals surface area (Å²) in [7, 11) is 0. The monoisotopic (exact) mass is 443 g/mol. The number of hydrogen-bond acceptors (Lipinski definition) is 3. The minimum absolute atomic E-state index is 0.0986. The van der Waals surface area contributed by atoms with Gasteiger partial charge in [0.15, 0.2) is 0 Å². The van der Waals surface area contributed by atoms with Crippen molar-refractivity contribution >= 4 is 39.9 Å². The lowest BCUT2D eigenvalue weighted by Crippen LogP contribution is -2.26. The molecule has 0 spiro atoms. The molecule has 1 atom stereocenters. The molecule has 0 aliphatic carbocycles. The zero-order valence-corrected chi connectivity index (χ0v) is 16.2. The van der Waals surface area contributed by atoms with Crippen LogP contribution in [0.1, 0.15) is 18.1 Å². The maximum absolute atomic E-state index is 12.6. The Kier molecular flexibility index (Phi) is 5.09. The van der Waals surface area contributed by atoms with E-state index in [2.05, 4.69) is 40.9 Å². The van der Waals surface area contributed by atoms with Crippen LogP contribution in [0.5, 0.6) is 0 Å². The molecule has 2 aromatic carbocycles. The molecule has 1 amide bonds. The number of aryl methyl sites for hydroxylation is 1. The van der Waals surface area contributed by atoms with Gasteiger partial charge in [-0.15, -0.1) is 0 Å². The number of halogens is 1. The maximum atomic E-state index is 12.6. The number of para-hydroxylation sites is 1. The Bertz CT molecular complexity index is 898. The van der Waals surface area contributed by atoms with Crippen molar-refractivity contribution in [2.24, 2.45) is 0 Å². The van der Waals surface area contributed by atoms with E-state index < -0.39 is 0 Å². The van der Waals surface area contributed by atoms with Gasteiger partial charge in [-0.05, 0) is 78.3 Å². The van der Waals surface area contributed by atoms with Gasteiger partial charge in [0.25, 0.3) is 5.91 Å². The molecule has 4 nitrogen and oxygen atoms in total. The van der Waals surface area contributed by atoms with Crippen LogP contribution >= 0.6 is 22.6 Å². The molecule has 126 valence electrons. The van der Waals surface area contributed by atoms with E-state index in [-0.39, 0.29) is 17.5 Å². The van der Waals surface area contributed by atoms with Crippen molar-refractivity contribution < 1.29 is 4.79 Å². The molecule has 1 aliphatic rings. The molecule has 3 rings (SSSR count). The number of rotatable bonds is 3. The number of carbonyl (C=O) groups is 1. The second-order valence-corrected chi connectivity index (χ2v) is 7.40. The smallest absolute Gasteiger partial charge is 0.267 e. The Morgan fingerprint density at radius 3 is 2.84 bits per heavy atom. The summed E-state index contributed by atoms with van der Waals surface area (Å²) in [6.45, 7) is 4.03. The lowest BCUT2D eigenvalue weighted by atomic mass is 10.1. The highest BCUT2D eigenvalue weighted by Crippen LogP contribution is 2.32. The van der Waals surface area contributed by atoms with Gasteiger partial charge in [0.2, 0.25) is 0 Å². The fourth-order valence-electron chi connectivity index (χ4n) is 3.02. The van der Waals surface area contributed by atoms with Gasteiger partial charge in [-0.1, -0.05) is 18.2 Å². The molecular weight excluding hydrogens is 425 g/mol. The number of anilines is 2. The molecule has 0 fully saturated rings. The summed E-state index contributed by atoms with van der Waals surface area (Å²) < 4.78 is 1.10. The van der Waals surface area contributed by atoms with Crippen molar-refractivity contribution in [3.05, 3.63) is 68.9 Å². The van der Waals surface area contributed by atoms with Crippen LogP contribution in [0.2, 0.25) is 0 Å². The van der Waals surface area contributed by atoms with E-state index in [4.69, 9.17) is 0 Å². The first-order chi connectivity index (χ1) is 12.0. The standard InChI is InChI=1S/C20H18IN3O/c1-13-9-17(21)7-8-18(13)23-20(25)16(11-22)12-24-14(2)10-15-5-3-4-6-19(15)24/h3-9,12,14H,10H2,1-2H3,(H,23,25)/b16-12-. The van der Waals surface area contributed by atoms with Crippen LogP contribution in [-0.2, 0) is 11.2 Å². The predicted octanol–water partition coefficient (Wildman–Crippen LogP) is 4.40. The molecular formula is C20H18IN3O. The van der Waals surface area contributed by atoms with Crippen molar-refractivity contribution in [3.8, 4) is 6.07 Å². The number of nitrogens with one attached hydrogen (secondary N) is 1. The highest BCUT2D eigenvalue weighted by atomic mass is 127. The molecule has 0 bridgehead atoms. The molecule has 1 aliphatic heterocycles. The fraction of sp³-hybridized carbons (Fsp3) is 0.200. The minimum Gasteiger partial charge on any atom is -0.343 e. The second-order valence-electron chi connectivity index (χ2n) is 6.16. The first-order valence-corrected chi connectivity index (χ1v) is 9.13. The number of amides is 1. The summed E-state index contributed by atoms with van der Waals surface area (Å²) in [4.78, 5) is 14.6. The van der Waals surface area contributed by atoms with Crippen LogP contribution in [0.15, 0.2) is 54.2 Å². The highest BCUT2D eigenvalue weighted by Gasteiger charge is 2.25. The lowest BCUT2D eigenvalue weighted by Gasteiger charge is -2.20. The minimum atomic E-state index is -0.386. The van der Waals surface area contributed by atoms with Gasteiger partial charge < -0.3 is 10.2 Å². The van der Waals surface area contributed by atoms with Crippen LogP contribution < -0.4 is 10.2 Å². The molecule has 0 radical (unpaired) electrons. The molecule has 5 heteroatoms. The van der Waals surface area contributed by atoms with E-state index in [1.165, 1.54) is 5.56 Å². The third-order valence-corrected chi connectivity index (χ3v) is 5.00. The van der Waals surface area contributed by atoms with Gasteiger partial charge in [-0.2, -0.15) is 5.26 Å². The quantitative estimate of drug-likeness (QED) is 0.435. The number of fused-ring (bicyclic) bond motifs is 1. The van der Waals surface area contributed by atoms with Crippen LogP contribution in [0.3, 0.4) is 0 Å². The summed E-state index contributed by atoms with van der Waals surface area (Å²) in [5, 5.41) is 12.3. The van der Waals surface area contributed by atoms with Gasteiger partial charge >= 0.3 is 0 Å². The lowest BCUT2D eigenvalue weighted by molar-refractivity contribution is -0.112. The summed E-state index contributed by atoms with van der Waals surface area (Å²) in [5.41, 5.74) is 4.08. The molecule has 1 N–H and O–H groups in total. The van der Waals surface area contributed by atoms with Gasteiger partial charge in [0.05, 0.1) is 0 Å². The van der Waals surface area contributed by atoms with E-state index >= 15 is 0 Å². The summed E-state index contributed by atoms with van der Waals surface area (Å²) in [5.74, 6) is -0.386.